The van der Waals surface area contributed by atoms with Gasteiger partial charge in [0.25, 0.3) is 0 Å². The van der Waals surface area contributed by atoms with E-state index in [4.69, 9.17) is 4.74 Å². The van der Waals surface area contributed by atoms with E-state index in [-0.39, 0.29) is 11.8 Å². The van der Waals surface area contributed by atoms with Crippen molar-refractivity contribution in [2.45, 2.75) is 51.4 Å². The third-order valence-corrected chi connectivity index (χ3v) is 5.28. The number of ether oxygens (including phenoxy) is 1. The molecule has 0 unspecified atom stereocenters. The highest BCUT2D eigenvalue weighted by Gasteiger charge is 2.34. The Kier molecular flexibility index (Phi) is 4.83. The summed E-state index contributed by atoms with van der Waals surface area (Å²) in [7, 11) is 0. The van der Waals surface area contributed by atoms with Crippen molar-refractivity contribution in [3.05, 3.63) is 36.4 Å². The zero-order valence-corrected chi connectivity index (χ0v) is 14.4. The number of hydrogen-bond donors (Lipinski definition) is 1. The number of nitrogens with one attached hydrogen (secondary N) is 1. The van der Waals surface area contributed by atoms with Crippen molar-refractivity contribution in [2.75, 3.05) is 6.61 Å². The monoisotopic (exact) mass is 343 g/mol. The summed E-state index contributed by atoms with van der Waals surface area (Å²) < 4.78 is 9.53. The molecule has 4 rings (SSSR count). The molecule has 3 heterocycles. The molecule has 7 nitrogen and oxygen atoms in total. The third-order valence-electron chi connectivity index (χ3n) is 5.28. The zero-order chi connectivity index (χ0) is 17.1. The van der Waals surface area contributed by atoms with Crippen molar-refractivity contribution in [1.29, 1.82) is 0 Å². The summed E-state index contributed by atoms with van der Waals surface area (Å²) in [4.78, 5) is 12.5. The zero-order valence-electron chi connectivity index (χ0n) is 14.4. The van der Waals surface area contributed by atoms with Crippen LogP contribution in [0.2, 0.25) is 0 Å². The maximum absolute atomic E-state index is 12.5. The largest absolute Gasteiger partial charge is 0.368 e. The Morgan fingerprint density at radius 2 is 2.16 bits per heavy atom. The minimum absolute atomic E-state index is 0.0404. The first-order chi connectivity index (χ1) is 12.3. The van der Waals surface area contributed by atoms with E-state index in [9.17, 15) is 4.79 Å². The van der Waals surface area contributed by atoms with Gasteiger partial charge in [-0.3, -0.25) is 14.2 Å². The maximum Gasteiger partial charge on any atom is 0.249 e. The molecule has 0 bridgehead atoms. The molecule has 2 atom stereocenters. The standard InChI is InChI=1S/C18H25N5O2/c24-18(17-16(5-8-25-17)13-22-7-2-6-20-22)19-9-15-10-21-23(12-15)11-14-3-1-4-14/h2,6-7,10,12,14,16-17H,1,3-5,8-9,11,13H2,(H,19,24)/t16-,17-/m1/s1. The summed E-state index contributed by atoms with van der Waals surface area (Å²) in [5.41, 5.74) is 1.04. The van der Waals surface area contributed by atoms with Crippen LogP contribution in [0.5, 0.6) is 0 Å². The van der Waals surface area contributed by atoms with Crippen LogP contribution < -0.4 is 5.32 Å². The lowest BCUT2D eigenvalue weighted by Crippen LogP contribution is -2.38. The second-order valence-electron chi connectivity index (χ2n) is 7.15. The lowest BCUT2D eigenvalue weighted by Gasteiger charge is -2.24. The van der Waals surface area contributed by atoms with E-state index >= 15 is 0 Å². The van der Waals surface area contributed by atoms with Gasteiger partial charge in [0.05, 0.1) is 6.20 Å². The van der Waals surface area contributed by atoms with Gasteiger partial charge in [-0.25, -0.2) is 0 Å². The number of carbonyl (C=O) groups is 1. The van der Waals surface area contributed by atoms with Crippen LogP contribution in [0.15, 0.2) is 30.9 Å². The van der Waals surface area contributed by atoms with Gasteiger partial charge in [-0.15, -0.1) is 0 Å². The first-order valence-corrected chi connectivity index (χ1v) is 9.16. The molecule has 2 aromatic rings. The van der Waals surface area contributed by atoms with Gasteiger partial charge in [0.15, 0.2) is 0 Å². The Labute approximate surface area is 147 Å². The van der Waals surface area contributed by atoms with Gasteiger partial charge in [0, 0.05) is 56.3 Å². The van der Waals surface area contributed by atoms with Gasteiger partial charge < -0.3 is 10.1 Å². The van der Waals surface area contributed by atoms with Gasteiger partial charge in [0.2, 0.25) is 5.91 Å². The predicted molar refractivity (Wildman–Crippen MR) is 91.5 cm³/mol. The maximum atomic E-state index is 12.5. The summed E-state index contributed by atoms with van der Waals surface area (Å²) in [5.74, 6) is 0.903. The van der Waals surface area contributed by atoms with Crippen molar-refractivity contribution in [3.63, 3.8) is 0 Å². The third kappa shape index (κ3) is 3.92. The minimum Gasteiger partial charge on any atom is -0.368 e. The molecule has 1 saturated heterocycles. The number of hydrogen-bond acceptors (Lipinski definition) is 4. The van der Waals surface area contributed by atoms with E-state index < -0.39 is 6.10 Å². The van der Waals surface area contributed by atoms with Crippen molar-refractivity contribution in [3.8, 4) is 0 Å². The van der Waals surface area contributed by atoms with E-state index in [0.717, 1.165) is 24.4 Å². The predicted octanol–water partition coefficient (Wildman–Crippen LogP) is 1.60. The summed E-state index contributed by atoms with van der Waals surface area (Å²) in [6.45, 7) is 2.83. The lowest BCUT2D eigenvalue weighted by molar-refractivity contribution is -0.132. The molecular formula is C18H25N5O2. The Hall–Kier alpha value is -2.15. The number of aromatic nitrogens is 4. The quantitative estimate of drug-likeness (QED) is 0.829. The highest BCUT2D eigenvalue weighted by Crippen LogP contribution is 2.27. The van der Waals surface area contributed by atoms with Gasteiger partial charge >= 0.3 is 0 Å². The van der Waals surface area contributed by atoms with E-state index in [1.807, 2.05) is 34.0 Å². The van der Waals surface area contributed by atoms with Crippen LogP contribution in [0.1, 0.15) is 31.2 Å². The fourth-order valence-corrected chi connectivity index (χ4v) is 3.59. The summed E-state index contributed by atoms with van der Waals surface area (Å²) in [6, 6.07) is 1.89. The molecule has 1 amide bonds. The van der Waals surface area contributed by atoms with Crippen molar-refractivity contribution >= 4 is 5.91 Å². The molecule has 134 valence electrons. The van der Waals surface area contributed by atoms with Crippen molar-refractivity contribution in [2.24, 2.45) is 11.8 Å². The van der Waals surface area contributed by atoms with E-state index in [0.29, 0.717) is 19.7 Å². The summed E-state index contributed by atoms with van der Waals surface area (Å²) in [6.07, 6.45) is 12.0. The molecule has 1 aliphatic heterocycles. The van der Waals surface area contributed by atoms with Crippen molar-refractivity contribution < 1.29 is 9.53 Å². The average Bonchev–Trinajstić information content (AvgIpc) is 3.31. The van der Waals surface area contributed by atoms with E-state index in [1.165, 1.54) is 19.3 Å². The fraction of sp³-hybridized carbons (Fsp3) is 0.611. The first kappa shape index (κ1) is 16.3. The minimum atomic E-state index is -0.394. The average molecular weight is 343 g/mol. The lowest BCUT2D eigenvalue weighted by atomic mass is 9.85. The van der Waals surface area contributed by atoms with Gasteiger partial charge in [-0.05, 0) is 31.2 Å². The van der Waals surface area contributed by atoms with Crippen LogP contribution in [0.25, 0.3) is 0 Å². The SMILES string of the molecule is O=C(NCc1cnn(CC2CCC2)c1)[C@@H]1OCC[C@@H]1Cn1cccn1. The summed E-state index contributed by atoms with van der Waals surface area (Å²) >= 11 is 0. The smallest absolute Gasteiger partial charge is 0.249 e. The first-order valence-electron chi connectivity index (χ1n) is 9.16. The fourth-order valence-electron chi connectivity index (χ4n) is 3.59. The van der Waals surface area contributed by atoms with Crippen LogP contribution in [0, 0.1) is 11.8 Å². The van der Waals surface area contributed by atoms with Crippen LogP contribution in [0.3, 0.4) is 0 Å². The normalized spacial score (nSPS) is 23.5. The number of carbonyl (C=O) groups excluding carboxylic acids is 1. The van der Waals surface area contributed by atoms with Crippen LogP contribution in [-0.2, 0) is 29.2 Å². The van der Waals surface area contributed by atoms with Gasteiger partial charge in [0.1, 0.15) is 6.10 Å². The summed E-state index contributed by atoms with van der Waals surface area (Å²) in [5, 5.41) is 11.6. The van der Waals surface area contributed by atoms with Gasteiger partial charge in [-0.1, -0.05) is 6.42 Å². The molecule has 2 aromatic heterocycles. The molecule has 2 aliphatic rings. The molecule has 1 N–H and O–H groups in total. The number of amides is 1. The molecule has 0 spiro atoms. The second kappa shape index (κ2) is 7.39. The van der Waals surface area contributed by atoms with Crippen LogP contribution >= 0.6 is 0 Å². The Balaban J connectivity index is 1.27. The molecule has 1 aliphatic carbocycles. The van der Waals surface area contributed by atoms with Crippen LogP contribution in [0.4, 0.5) is 0 Å². The Morgan fingerprint density at radius 3 is 2.92 bits per heavy atom. The molecule has 1 saturated carbocycles. The number of nitrogens with zero attached hydrogens (tertiary/aromatic N) is 4. The van der Waals surface area contributed by atoms with E-state index in [1.54, 1.807) is 6.20 Å². The molecule has 2 fully saturated rings. The second-order valence-corrected chi connectivity index (χ2v) is 7.15. The van der Waals surface area contributed by atoms with E-state index in [2.05, 4.69) is 15.5 Å². The molecule has 0 aromatic carbocycles. The Bertz CT molecular complexity index is 692. The molecular weight excluding hydrogens is 318 g/mol. The molecule has 0 radical (unpaired) electrons. The van der Waals surface area contributed by atoms with Crippen molar-refractivity contribution in [1.82, 2.24) is 24.9 Å². The molecule has 7 heteroatoms. The highest BCUT2D eigenvalue weighted by molar-refractivity contribution is 5.81. The molecule has 25 heavy (non-hydrogen) atoms. The Morgan fingerprint density at radius 1 is 1.24 bits per heavy atom. The van der Waals surface area contributed by atoms with Crippen LogP contribution in [-0.4, -0.2) is 38.2 Å². The number of rotatable bonds is 7. The van der Waals surface area contributed by atoms with Gasteiger partial charge in [-0.2, -0.15) is 10.2 Å². The topological polar surface area (TPSA) is 74.0 Å². The highest BCUT2D eigenvalue weighted by atomic mass is 16.5.